The SMILES string of the molecule is CCc1ccc(N(C)C)c(C(CN)C(=O)O)c1. The third kappa shape index (κ3) is 2.97. The number of nitrogens with zero attached hydrogens (tertiary/aromatic N) is 1. The highest BCUT2D eigenvalue weighted by atomic mass is 16.4. The first kappa shape index (κ1) is 13.5. The largest absolute Gasteiger partial charge is 0.481 e. The Kier molecular flexibility index (Phi) is 4.52. The monoisotopic (exact) mass is 236 g/mol. The minimum absolute atomic E-state index is 0.114. The first-order chi connectivity index (χ1) is 8.01. The molecule has 3 N–H and O–H groups in total. The number of hydrogen-bond donors (Lipinski definition) is 2. The number of carbonyl (C=O) groups is 1. The van der Waals surface area contributed by atoms with E-state index in [-0.39, 0.29) is 6.54 Å². The molecule has 0 bridgehead atoms. The summed E-state index contributed by atoms with van der Waals surface area (Å²) in [6.45, 7) is 2.16. The lowest BCUT2D eigenvalue weighted by atomic mass is 9.94. The van der Waals surface area contributed by atoms with Crippen LogP contribution >= 0.6 is 0 Å². The van der Waals surface area contributed by atoms with Crippen LogP contribution in [0.3, 0.4) is 0 Å². The van der Waals surface area contributed by atoms with Crippen LogP contribution in [0.25, 0.3) is 0 Å². The molecule has 0 aliphatic heterocycles. The van der Waals surface area contributed by atoms with Gasteiger partial charge in [-0.05, 0) is 23.6 Å². The van der Waals surface area contributed by atoms with E-state index < -0.39 is 11.9 Å². The summed E-state index contributed by atoms with van der Waals surface area (Å²) in [5, 5.41) is 9.20. The molecule has 0 radical (unpaired) electrons. The Balaban J connectivity index is 3.29. The van der Waals surface area contributed by atoms with Crippen LogP contribution < -0.4 is 10.6 Å². The fourth-order valence-electron chi connectivity index (χ4n) is 1.87. The van der Waals surface area contributed by atoms with E-state index in [1.807, 2.05) is 44.1 Å². The molecule has 94 valence electrons. The molecule has 1 rings (SSSR count). The fourth-order valence-corrected chi connectivity index (χ4v) is 1.87. The summed E-state index contributed by atoms with van der Waals surface area (Å²) in [5.74, 6) is -1.51. The lowest BCUT2D eigenvalue weighted by Crippen LogP contribution is -2.24. The predicted molar refractivity (Wildman–Crippen MR) is 69.6 cm³/mol. The minimum atomic E-state index is -0.871. The Hall–Kier alpha value is -1.55. The number of anilines is 1. The Morgan fingerprint density at radius 2 is 2.12 bits per heavy atom. The molecule has 1 unspecified atom stereocenters. The van der Waals surface area contributed by atoms with E-state index >= 15 is 0 Å². The number of rotatable bonds is 5. The summed E-state index contributed by atoms with van der Waals surface area (Å²) >= 11 is 0. The van der Waals surface area contributed by atoms with Crippen molar-refractivity contribution in [2.24, 2.45) is 5.73 Å². The van der Waals surface area contributed by atoms with Crippen molar-refractivity contribution < 1.29 is 9.90 Å². The molecule has 0 heterocycles. The summed E-state index contributed by atoms with van der Waals surface area (Å²) in [4.78, 5) is 13.1. The summed E-state index contributed by atoms with van der Waals surface area (Å²) in [6, 6.07) is 5.93. The molecule has 4 heteroatoms. The van der Waals surface area contributed by atoms with Crippen LogP contribution in [-0.4, -0.2) is 31.7 Å². The second-order valence-corrected chi connectivity index (χ2v) is 4.27. The quantitative estimate of drug-likeness (QED) is 0.812. The third-order valence-corrected chi connectivity index (χ3v) is 2.89. The number of benzene rings is 1. The van der Waals surface area contributed by atoms with Gasteiger partial charge >= 0.3 is 5.97 Å². The molecule has 17 heavy (non-hydrogen) atoms. The van der Waals surface area contributed by atoms with Gasteiger partial charge in [-0.1, -0.05) is 19.1 Å². The lowest BCUT2D eigenvalue weighted by Gasteiger charge is -2.21. The Bertz CT molecular complexity index is 402. The number of nitrogens with two attached hydrogens (primary N) is 1. The van der Waals surface area contributed by atoms with Crippen LogP contribution in [0.1, 0.15) is 24.0 Å². The van der Waals surface area contributed by atoms with E-state index in [1.165, 1.54) is 0 Å². The Labute approximate surface area is 102 Å². The highest BCUT2D eigenvalue weighted by Crippen LogP contribution is 2.28. The Morgan fingerprint density at radius 1 is 1.47 bits per heavy atom. The standard InChI is InChI=1S/C13H20N2O2/c1-4-9-5-6-12(15(2)3)10(7-9)11(8-14)13(16)17/h5-7,11H,4,8,14H2,1-3H3,(H,16,17). The number of aliphatic carboxylic acids is 1. The lowest BCUT2D eigenvalue weighted by molar-refractivity contribution is -0.138. The molecule has 1 atom stereocenters. The zero-order chi connectivity index (χ0) is 13.0. The zero-order valence-electron chi connectivity index (χ0n) is 10.6. The maximum Gasteiger partial charge on any atom is 0.312 e. The van der Waals surface area contributed by atoms with Gasteiger partial charge in [0.05, 0.1) is 5.92 Å². The molecule has 0 aliphatic rings. The van der Waals surface area contributed by atoms with E-state index in [1.54, 1.807) is 0 Å². The molecule has 0 saturated carbocycles. The van der Waals surface area contributed by atoms with Crippen LogP contribution in [0, 0.1) is 0 Å². The van der Waals surface area contributed by atoms with Crippen molar-refractivity contribution in [3.63, 3.8) is 0 Å². The van der Waals surface area contributed by atoms with Crippen molar-refractivity contribution in [1.29, 1.82) is 0 Å². The summed E-state index contributed by atoms with van der Waals surface area (Å²) < 4.78 is 0. The van der Waals surface area contributed by atoms with Gasteiger partial charge in [-0.2, -0.15) is 0 Å². The topological polar surface area (TPSA) is 66.6 Å². The number of aryl methyl sites for hydroxylation is 1. The average molecular weight is 236 g/mol. The average Bonchev–Trinajstić information content (AvgIpc) is 2.29. The molecule has 0 amide bonds. The van der Waals surface area contributed by atoms with Crippen molar-refractivity contribution in [2.45, 2.75) is 19.3 Å². The van der Waals surface area contributed by atoms with Gasteiger partial charge in [0.25, 0.3) is 0 Å². The van der Waals surface area contributed by atoms with Crippen molar-refractivity contribution >= 4 is 11.7 Å². The van der Waals surface area contributed by atoms with Crippen LogP contribution in [0.15, 0.2) is 18.2 Å². The van der Waals surface area contributed by atoms with Crippen molar-refractivity contribution in [3.05, 3.63) is 29.3 Å². The molecule has 1 aromatic rings. The van der Waals surface area contributed by atoms with E-state index in [9.17, 15) is 9.90 Å². The second kappa shape index (κ2) is 5.68. The normalized spacial score (nSPS) is 12.2. The van der Waals surface area contributed by atoms with Crippen molar-refractivity contribution in [3.8, 4) is 0 Å². The van der Waals surface area contributed by atoms with Gasteiger partial charge in [0.2, 0.25) is 0 Å². The molecule has 0 fully saturated rings. The molecule has 1 aromatic carbocycles. The minimum Gasteiger partial charge on any atom is -0.481 e. The van der Waals surface area contributed by atoms with Crippen LogP contribution in [0.4, 0.5) is 5.69 Å². The fraction of sp³-hybridized carbons (Fsp3) is 0.462. The summed E-state index contributed by atoms with van der Waals surface area (Å²) in [5.41, 5.74) is 8.41. The predicted octanol–water partition coefficient (Wildman–Crippen LogP) is 1.44. The molecule has 0 spiro atoms. The summed E-state index contributed by atoms with van der Waals surface area (Å²) in [6.07, 6.45) is 0.887. The van der Waals surface area contributed by atoms with Crippen molar-refractivity contribution in [2.75, 3.05) is 25.5 Å². The maximum atomic E-state index is 11.2. The van der Waals surface area contributed by atoms with Gasteiger partial charge < -0.3 is 15.7 Å². The number of hydrogen-bond acceptors (Lipinski definition) is 3. The second-order valence-electron chi connectivity index (χ2n) is 4.27. The molecule has 4 nitrogen and oxygen atoms in total. The van der Waals surface area contributed by atoms with E-state index in [0.29, 0.717) is 0 Å². The van der Waals surface area contributed by atoms with E-state index in [2.05, 4.69) is 0 Å². The van der Waals surface area contributed by atoms with Crippen molar-refractivity contribution in [1.82, 2.24) is 0 Å². The van der Waals surface area contributed by atoms with Gasteiger partial charge in [0.15, 0.2) is 0 Å². The van der Waals surface area contributed by atoms with Crippen LogP contribution in [0.2, 0.25) is 0 Å². The van der Waals surface area contributed by atoms with Crippen LogP contribution in [-0.2, 0) is 11.2 Å². The van der Waals surface area contributed by atoms with Gasteiger partial charge in [-0.25, -0.2) is 0 Å². The first-order valence-electron chi connectivity index (χ1n) is 5.74. The molecule has 0 saturated heterocycles. The molecular weight excluding hydrogens is 216 g/mol. The molecule has 0 aliphatic carbocycles. The molecule has 0 aromatic heterocycles. The highest BCUT2D eigenvalue weighted by Gasteiger charge is 2.22. The highest BCUT2D eigenvalue weighted by molar-refractivity contribution is 5.79. The van der Waals surface area contributed by atoms with Gasteiger partial charge in [0, 0.05) is 26.3 Å². The summed E-state index contributed by atoms with van der Waals surface area (Å²) in [7, 11) is 3.81. The van der Waals surface area contributed by atoms with Gasteiger partial charge in [0.1, 0.15) is 0 Å². The van der Waals surface area contributed by atoms with Crippen LogP contribution in [0.5, 0.6) is 0 Å². The van der Waals surface area contributed by atoms with Gasteiger partial charge in [-0.15, -0.1) is 0 Å². The van der Waals surface area contributed by atoms with E-state index in [4.69, 9.17) is 5.73 Å². The van der Waals surface area contributed by atoms with E-state index in [0.717, 1.165) is 23.2 Å². The number of carboxylic acid groups (broad SMARTS) is 1. The smallest absolute Gasteiger partial charge is 0.312 e. The van der Waals surface area contributed by atoms with Gasteiger partial charge in [-0.3, -0.25) is 4.79 Å². The zero-order valence-corrected chi connectivity index (χ0v) is 10.6. The maximum absolute atomic E-state index is 11.2. The number of carboxylic acids is 1. The first-order valence-corrected chi connectivity index (χ1v) is 5.74. The molecular formula is C13H20N2O2. The third-order valence-electron chi connectivity index (χ3n) is 2.89. The Morgan fingerprint density at radius 3 is 2.53 bits per heavy atom.